The minimum absolute atomic E-state index is 0.0625. The van der Waals surface area contributed by atoms with Crippen LogP contribution in [0.3, 0.4) is 0 Å². The Morgan fingerprint density at radius 1 is 1.38 bits per heavy atom. The quantitative estimate of drug-likeness (QED) is 0.420. The molecule has 0 amide bonds. The maximum Gasteiger partial charge on any atom is 0.269 e. The molecule has 0 aliphatic carbocycles. The highest BCUT2D eigenvalue weighted by molar-refractivity contribution is 5.75. The fourth-order valence-electron chi connectivity index (χ4n) is 1.12. The van der Waals surface area contributed by atoms with Crippen LogP contribution >= 0.6 is 0 Å². The molecule has 0 N–H and O–H groups in total. The second-order valence-corrected chi connectivity index (χ2v) is 3.43. The van der Waals surface area contributed by atoms with E-state index in [1.807, 2.05) is 0 Å². The summed E-state index contributed by atoms with van der Waals surface area (Å²) in [6.07, 6.45) is 0.396. The lowest BCUT2D eigenvalue weighted by Gasteiger charge is -2.02. The molecule has 5 nitrogen and oxygen atoms in total. The molecular weight excluding hydrogens is 210 g/mol. The van der Waals surface area contributed by atoms with Crippen LogP contribution in [0, 0.1) is 10.1 Å². The molecule has 0 heterocycles. The number of hydrogen-bond acceptors (Lipinski definition) is 4. The predicted molar refractivity (Wildman–Crippen MR) is 58.1 cm³/mol. The first-order chi connectivity index (χ1) is 7.59. The van der Waals surface area contributed by atoms with Crippen molar-refractivity contribution in [2.45, 2.75) is 20.0 Å². The Morgan fingerprint density at radius 2 is 2.00 bits per heavy atom. The number of ketones is 1. The number of nitro groups is 1. The Kier molecular flexibility index (Phi) is 4.60. The number of carbonyl (C=O) groups is 1. The van der Waals surface area contributed by atoms with Crippen LogP contribution in [0.4, 0.5) is 5.69 Å². The van der Waals surface area contributed by atoms with Crippen molar-refractivity contribution in [2.24, 2.45) is 0 Å². The van der Waals surface area contributed by atoms with Gasteiger partial charge in [0.1, 0.15) is 5.78 Å². The molecular formula is C11H13NO4. The Bertz CT molecular complexity index is 372. The largest absolute Gasteiger partial charge is 0.376 e. The maximum absolute atomic E-state index is 10.6. The number of Topliss-reactive ketones (excluding diaryl/α,β-unsaturated/α-hetero) is 1. The van der Waals surface area contributed by atoms with Crippen molar-refractivity contribution in [3.63, 3.8) is 0 Å². The van der Waals surface area contributed by atoms with Crippen molar-refractivity contribution in [3.05, 3.63) is 39.9 Å². The van der Waals surface area contributed by atoms with Crippen LogP contribution in [0.15, 0.2) is 24.3 Å². The number of benzene rings is 1. The summed E-state index contributed by atoms with van der Waals surface area (Å²) in [7, 11) is 0. The van der Waals surface area contributed by atoms with Gasteiger partial charge in [0.05, 0.1) is 18.1 Å². The first kappa shape index (κ1) is 12.3. The van der Waals surface area contributed by atoms with Crippen LogP contribution in [0.2, 0.25) is 0 Å². The summed E-state index contributed by atoms with van der Waals surface area (Å²) in [5.41, 5.74) is 0.918. The Balaban J connectivity index is 2.38. The van der Waals surface area contributed by atoms with Crippen molar-refractivity contribution in [1.82, 2.24) is 0 Å². The van der Waals surface area contributed by atoms with E-state index >= 15 is 0 Å². The molecule has 0 radical (unpaired) electrons. The van der Waals surface area contributed by atoms with Gasteiger partial charge >= 0.3 is 0 Å². The minimum Gasteiger partial charge on any atom is -0.376 e. The van der Waals surface area contributed by atoms with E-state index in [0.29, 0.717) is 19.6 Å². The predicted octanol–water partition coefficient (Wildman–Crippen LogP) is 2.09. The number of rotatable bonds is 6. The lowest BCUT2D eigenvalue weighted by molar-refractivity contribution is -0.384. The summed E-state index contributed by atoms with van der Waals surface area (Å²) < 4.78 is 5.24. The highest BCUT2D eigenvalue weighted by atomic mass is 16.6. The van der Waals surface area contributed by atoms with Crippen LogP contribution in [0.5, 0.6) is 0 Å². The van der Waals surface area contributed by atoms with Crippen LogP contribution in [0.1, 0.15) is 18.9 Å². The summed E-state index contributed by atoms with van der Waals surface area (Å²) in [6.45, 7) is 2.26. The van der Waals surface area contributed by atoms with Crippen molar-refractivity contribution in [2.75, 3.05) is 6.61 Å². The fourth-order valence-corrected chi connectivity index (χ4v) is 1.12. The average Bonchev–Trinajstić information content (AvgIpc) is 2.25. The topological polar surface area (TPSA) is 69.4 Å². The first-order valence-corrected chi connectivity index (χ1v) is 4.90. The zero-order valence-electron chi connectivity index (χ0n) is 9.01. The van der Waals surface area contributed by atoms with Crippen LogP contribution in [-0.4, -0.2) is 17.3 Å². The third-order valence-corrected chi connectivity index (χ3v) is 2.01. The number of hydrogen-bond donors (Lipinski definition) is 0. The first-order valence-electron chi connectivity index (χ1n) is 4.90. The number of nitrogens with zero attached hydrogens (tertiary/aromatic N) is 1. The van der Waals surface area contributed by atoms with E-state index in [-0.39, 0.29) is 11.5 Å². The van der Waals surface area contributed by atoms with Crippen LogP contribution < -0.4 is 0 Å². The zero-order valence-corrected chi connectivity index (χ0v) is 9.01. The molecule has 0 saturated carbocycles. The SMILES string of the molecule is CC(=O)CCOCc1ccc([N+](=O)[O-])cc1. The summed E-state index contributed by atoms with van der Waals surface area (Å²) >= 11 is 0. The van der Waals surface area contributed by atoms with E-state index < -0.39 is 4.92 Å². The van der Waals surface area contributed by atoms with E-state index in [4.69, 9.17) is 4.74 Å². The maximum atomic E-state index is 10.6. The van der Waals surface area contributed by atoms with Crippen molar-refractivity contribution in [3.8, 4) is 0 Å². The Hall–Kier alpha value is -1.75. The standard InChI is InChI=1S/C11H13NO4/c1-9(13)6-7-16-8-10-2-4-11(5-3-10)12(14)15/h2-5H,6-8H2,1H3. The molecule has 1 aromatic rings. The second-order valence-electron chi connectivity index (χ2n) is 3.43. The van der Waals surface area contributed by atoms with Gasteiger partial charge in [0.25, 0.3) is 5.69 Å². The summed E-state index contributed by atoms with van der Waals surface area (Å²) in [5.74, 6) is 0.0868. The van der Waals surface area contributed by atoms with Crippen molar-refractivity contribution in [1.29, 1.82) is 0 Å². The van der Waals surface area contributed by atoms with Gasteiger partial charge in [0.15, 0.2) is 0 Å². The lowest BCUT2D eigenvalue weighted by Crippen LogP contribution is -2.00. The molecule has 86 valence electrons. The van der Waals surface area contributed by atoms with E-state index in [1.54, 1.807) is 12.1 Å². The van der Waals surface area contributed by atoms with E-state index in [1.165, 1.54) is 19.1 Å². The number of carbonyl (C=O) groups excluding carboxylic acids is 1. The summed E-state index contributed by atoms with van der Waals surface area (Å²) in [4.78, 5) is 20.6. The van der Waals surface area contributed by atoms with E-state index in [9.17, 15) is 14.9 Å². The molecule has 0 aliphatic rings. The number of nitro benzene ring substituents is 1. The molecule has 1 rings (SSSR count). The van der Waals surface area contributed by atoms with Gasteiger partial charge in [-0.3, -0.25) is 14.9 Å². The van der Waals surface area contributed by atoms with Gasteiger partial charge in [-0.15, -0.1) is 0 Å². The van der Waals surface area contributed by atoms with Gasteiger partial charge in [0.2, 0.25) is 0 Å². The second kappa shape index (κ2) is 5.97. The van der Waals surface area contributed by atoms with Gasteiger partial charge < -0.3 is 4.74 Å². The minimum atomic E-state index is -0.444. The van der Waals surface area contributed by atoms with Gasteiger partial charge in [-0.25, -0.2) is 0 Å². The van der Waals surface area contributed by atoms with Crippen molar-refractivity contribution < 1.29 is 14.5 Å². The molecule has 0 aliphatic heterocycles. The summed E-state index contributed by atoms with van der Waals surface area (Å²) in [5, 5.41) is 10.4. The molecule has 0 saturated heterocycles. The highest BCUT2D eigenvalue weighted by Gasteiger charge is 2.03. The van der Waals surface area contributed by atoms with Crippen molar-refractivity contribution >= 4 is 11.5 Å². The third-order valence-electron chi connectivity index (χ3n) is 2.01. The molecule has 0 bridgehead atoms. The normalized spacial score (nSPS) is 10.1. The van der Waals surface area contributed by atoms with E-state index in [2.05, 4.69) is 0 Å². The van der Waals surface area contributed by atoms with E-state index in [0.717, 1.165) is 5.56 Å². The fraction of sp³-hybridized carbons (Fsp3) is 0.364. The van der Waals surface area contributed by atoms with Gasteiger partial charge in [0, 0.05) is 18.6 Å². The van der Waals surface area contributed by atoms with Gasteiger partial charge in [-0.2, -0.15) is 0 Å². The third kappa shape index (κ3) is 4.18. The lowest BCUT2D eigenvalue weighted by atomic mass is 10.2. The Labute approximate surface area is 93.2 Å². The molecule has 16 heavy (non-hydrogen) atoms. The Morgan fingerprint density at radius 3 is 2.50 bits per heavy atom. The summed E-state index contributed by atoms with van der Waals surface area (Å²) in [6, 6.07) is 6.16. The molecule has 0 fully saturated rings. The molecule has 0 atom stereocenters. The molecule has 1 aromatic carbocycles. The molecule has 0 unspecified atom stereocenters. The molecule has 0 aromatic heterocycles. The number of non-ortho nitro benzene ring substituents is 1. The van der Waals surface area contributed by atoms with Crippen LogP contribution in [-0.2, 0) is 16.1 Å². The smallest absolute Gasteiger partial charge is 0.269 e. The van der Waals surface area contributed by atoms with Crippen LogP contribution in [0.25, 0.3) is 0 Å². The monoisotopic (exact) mass is 223 g/mol. The average molecular weight is 223 g/mol. The number of ether oxygens (including phenoxy) is 1. The zero-order chi connectivity index (χ0) is 12.0. The van der Waals surface area contributed by atoms with Gasteiger partial charge in [-0.1, -0.05) is 0 Å². The van der Waals surface area contributed by atoms with Gasteiger partial charge in [-0.05, 0) is 24.6 Å². The molecule has 5 heteroatoms. The molecule has 0 spiro atoms. The highest BCUT2D eigenvalue weighted by Crippen LogP contribution is 2.12.